The van der Waals surface area contributed by atoms with Crippen LogP contribution >= 0.6 is 0 Å². The molecule has 0 radical (unpaired) electrons. The lowest BCUT2D eigenvalue weighted by molar-refractivity contribution is -0.0610. The molecule has 0 fully saturated rings. The molecule has 3 heteroatoms. The number of hydrogen-bond acceptors (Lipinski definition) is 3. The van der Waals surface area contributed by atoms with E-state index in [-0.39, 0.29) is 5.78 Å². The van der Waals surface area contributed by atoms with Gasteiger partial charge in [0, 0.05) is 17.5 Å². The SMILES string of the molecule is C=Cc1ccc(C(=O)c2ccc3c(c2)CC(O)C(C)(CCCC(C)CCCC(C)CCCC(C)C)O3)cc1. The first-order valence-corrected chi connectivity index (χ1v) is 14.9. The molecule has 0 aliphatic carbocycles. The highest BCUT2D eigenvalue weighted by atomic mass is 16.5. The summed E-state index contributed by atoms with van der Waals surface area (Å²) in [6.45, 7) is 15.2. The van der Waals surface area contributed by atoms with Crippen molar-refractivity contribution in [2.75, 3.05) is 0 Å². The van der Waals surface area contributed by atoms with E-state index in [1.54, 1.807) is 6.08 Å². The lowest BCUT2D eigenvalue weighted by Gasteiger charge is -2.40. The van der Waals surface area contributed by atoms with Crippen molar-refractivity contribution in [3.8, 4) is 5.75 Å². The van der Waals surface area contributed by atoms with Gasteiger partial charge < -0.3 is 9.84 Å². The minimum Gasteiger partial charge on any atom is -0.485 e. The number of hydrogen-bond donors (Lipinski definition) is 1. The van der Waals surface area contributed by atoms with Gasteiger partial charge in [-0.2, -0.15) is 0 Å². The van der Waals surface area contributed by atoms with Crippen LogP contribution in [0.15, 0.2) is 49.0 Å². The molecule has 2 aromatic rings. The zero-order chi connectivity index (χ0) is 27.7. The highest BCUT2D eigenvalue weighted by Crippen LogP contribution is 2.37. The Balaban J connectivity index is 1.47. The average molecular weight is 519 g/mol. The summed E-state index contributed by atoms with van der Waals surface area (Å²) in [6, 6.07) is 13.1. The van der Waals surface area contributed by atoms with Gasteiger partial charge in [-0.25, -0.2) is 0 Å². The number of aliphatic hydroxyl groups excluding tert-OH is 1. The summed E-state index contributed by atoms with van der Waals surface area (Å²) in [4.78, 5) is 13.0. The summed E-state index contributed by atoms with van der Waals surface area (Å²) >= 11 is 0. The lowest BCUT2D eigenvalue weighted by Crippen LogP contribution is -2.49. The summed E-state index contributed by atoms with van der Waals surface area (Å²) in [7, 11) is 0. The van der Waals surface area contributed by atoms with Crippen LogP contribution in [0.4, 0.5) is 0 Å². The molecule has 4 atom stereocenters. The molecule has 0 bridgehead atoms. The van der Waals surface area contributed by atoms with Gasteiger partial charge in [0.25, 0.3) is 0 Å². The van der Waals surface area contributed by atoms with E-state index in [0.717, 1.165) is 41.6 Å². The largest absolute Gasteiger partial charge is 0.485 e. The van der Waals surface area contributed by atoms with Gasteiger partial charge in [-0.05, 0) is 66.8 Å². The molecule has 3 nitrogen and oxygen atoms in total. The standard InChI is InChI=1S/C35H50O3/c1-7-28-16-18-29(19-17-28)34(37)30-20-21-32-31(23-30)24-33(36)35(6,38-32)22-10-15-27(5)14-9-13-26(4)12-8-11-25(2)3/h7,16-21,23,25-27,33,36H,1,8-15,22,24H2,2-6H3. The van der Waals surface area contributed by atoms with Crippen LogP contribution in [0.25, 0.3) is 6.08 Å². The van der Waals surface area contributed by atoms with Gasteiger partial charge in [0.15, 0.2) is 5.78 Å². The van der Waals surface area contributed by atoms with E-state index in [1.807, 2.05) is 49.4 Å². The van der Waals surface area contributed by atoms with Crippen LogP contribution in [0, 0.1) is 17.8 Å². The number of benzene rings is 2. The molecule has 1 aliphatic heterocycles. The predicted molar refractivity (Wildman–Crippen MR) is 160 cm³/mol. The molecule has 1 aliphatic rings. The second kappa shape index (κ2) is 14.1. The molecule has 0 amide bonds. The van der Waals surface area contributed by atoms with Crippen LogP contribution in [0.5, 0.6) is 5.75 Å². The fraction of sp³-hybridized carbons (Fsp3) is 0.571. The van der Waals surface area contributed by atoms with Crippen LogP contribution in [0.1, 0.15) is 119 Å². The number of fused-ring (bicyclic) bond motifs is 1. The van der Waals surface area contributed by atoms with Crippen LogP contribution in [0.2, 0.25) is 0 Å². The summed E-state index contributed by atoms with van der Waals surface area (Å²) in [5.41, 5.74) is 2.56. The van der Waals surface area contributed by atoms with Crippen molar-refractivity contribution in [1.82, 2.24) is 0 Å². The molecule has 0 saturated carbocycles. The second-order valence-electron chi connectivity index (χ2n) is 12.5. The van der Waals surface area contributed by atoms with Gasteiger partial charge in [0.1, 0.15) is 11.4 Å². The quantitative estimate of drug-likeness (QED) is 0.239. The number of carbonyl (C=O) groups excluding carboxylic acids is 1. The Hall–Kier alpha value is -2.39. The molecule has 3 rings (SSSR count). The summed E-state index contributed by atoms with van der Waals surface area (Å²) < 4.78 is 6.38. The molecule has 1 N–H and O–H groups in total. The maximum atomic E-state index is 13.0. The Labute approximate surface area is 231 Å². The van der Waals surface area contributed by atoms with Gasteiger partial charge in [0.2, 0.25) is 0 Å². The molecule has 2 aromatic carbocycles. The Morgan fingerprint density at radius 1 is 0.947 bits per heavy atom. The number of aliphatic hydroxyl groups is 1. The van der Waals surface area contributed by atoms with Crippen LogP contribution in [-0.2, 0) is 6.42 Å². The van der Waals surface area contributed by atoms with E-state index >= 15 is 0 Å². The topological polar surface area (TPSA) is 46.5 Å². The normalized spacial score (nSPS) is 20.4. The summed E-state index contributed by atoms with van der Waals surface area (Å²) in [5.74, 6) is 3.11. The average Bonchev–Trinajstić information content (AvgIpc) is 2.88. The Morgan fingerprint density at radius 2 is 1.53 bits per heavy atom. The fourth-order valence-electron chi connectivity index (χ4n) is 5.66. The lowest BCUT2D eigenvalue weighted by atomic mass is 9.83. The zero-order valence-corrected chi connectivity index (χ0v) is 24.5. The highest BCUT2D eigenvalue weighted by molar-refractivity contribution is 6.09. The third-order valence-electron chi connectivity index (χ3n) is 8.43. The number of carbonyl (C=O) groups is 1. The van der Waals surface area contributed by atoms with Crippen molar-refractivity contribution < 1.29 is 14.6 Å². The van der Waals surface area contributed by atoms with Crippen molar-refractivity contribution in [3.63, 3.8) is 0 Å². The van der Waals surface area contributed by atoms with Crippen LogP contribution in [0.3, 0.4) is 0 Å². The zero-order valence-electron chi connectivity index (χ0n) is 24.5. The molecule has 0 saturated heterocycles. The van der Waals surface area contributed by atoms with Gasteiger partial charge in [-0.3, -0.25) is 4.79 Å². The maximum Gasteiger partial charge on any atom is 0.193 e. The van der Waals surface area contributed by atoms with Crippen molar-refractivity contribution in [2.24, 2.45) is 17.8 Å². The Bertz CT molecular complexity index is 1040. The molecule has 0 spiro atoms. The van der Waals surface area contributed by atoms with Crippen LogP contribution < -0.4 is 4.74 Å². The predicted octanol–water partition coefficient (Wildman–Crippen LogP) is 9.05. The minimum atomic E-state index is -0.594. The smallest absolute Gasteiger partial charge is 0.193 e. The molecule has 208 valence electrons. The van der Waals surface area contributed by atoms with Crippen molar-refractivity contribution in [1.29, 1.82) is 0 Å². The van der Waals surface area contributed by atoms with E-state index in [4.69, 9.17) is 4.74 Å². The number of ether oxygens (including phenoxy) is 1. The van der Waals surface area contributed by atoms with Crippen molar-refractivity contribution in [2.45, 2.75) is 111 Å². The third-order valence-corrected chi connectivity index (χ3v) is 8.43. The molecule has 38 heavy (non-hydrogen) atoms. The van der Waals surface area contributed by atoms with E-state index in [2.05, 4.69) is 34.3 Å². The minimum absolute atomic E-state index is 0.0230. The Kier molecular flexibility index (Phi) is 11.2. The number of rotatable bonds is 15. The molecule has 1 heterocycles. The first kappa shape index (κ1) is 30.2. The van der Waals surface area contributed by atoms with Crippen molar-refractivity contribution in [3.05, 3.63) is 71.3 Å². The second-order valence-corrected chi connectivity index (χ2v) is 12.5. The van der Waals surface area contributed by atoms with Crippen molar-refractivity contribution >= 4 is 11.9 Å². The Morgan fingerprint density at radius 3 is 2.13 bits per heavy atom. The van der Waals surface area contributed by atoms with Gasteiger partial charge in [0.05, 0.1) is 6.10 Å². The number of ketones is 1. The molecular weight excluding hydrogens is 468 g/mol. The van der Waals surface area contributed by atoms with E-state index in [1.165, 1.54) is 44.9 Å². The molecule has 4 unspecified atom stereocenters. The van der Waals surface area contributed by atoms with Gasteiger partial charge >= 0.3 is 0 Å². The molecule has 0 aromatic heterocycles. The van der Waals surface area contributed by atoms with Gasteiger partial charge in [-0.15, -0.1) is 0 Å². The summed E-state index contributed by atoms with van der Waals surface area (Å²) in [6.07, 6.45) is 12.7. The molecular formula is C35H50O3. The van der Waals surface area contributed by atoms with Gasteiger partial charge in [-0.1, -0.05) is 110 Å². The van der Waals surface area contributed by atoms with E-state index in [9.17, 15) is 9.90 Å². The third kappa shape index (κ3) is 8.56. The monoisotopic (exact) mass is 518 g/mol. The highest BCUT2D eigenvalue weighted by Gasteiger charge is 2.39. The first-order chi connectivity index (χ1) is 18.1. The van der Waals surface area contributed by atoms with E-state index < -0.39 is 11.7 Å². The summed E-state index contributed by atoms with van der Waals surface area (Å²) in [5, 5.41) is 11.0. The first-order valence-electron chi connectivity index (χ1n) is 14.9. The maximum absolute atomic E-state index is 13.0. The van der Waals surface area contributed by atoms with Crippen LogP contribution in [-0.4, -0.2) is 22.6 Å². The van der Waals surface area contributed by atoms with E-state index in [0.29, 0.717) is 23.5 Å². The fourth-order valence-corrected chi connectivity index (χ4v) is 5.66.